The lowest BCUT2D eigenvalue weighted by molar-refractivity contribution is -0.220. The van der Waals surface area contributed by atoms with Gasteiger partial charge in [0.2, 0.25) is 0 Å². The minimum absolute atomic E-state index is 0. The first-order valence-corrected chi connectivity index (χ1v) is 14.4. The molecule has 5 aliphatic rings. The Morgan fingerprint density at radius 2 is 1.90 bits per heavy atom. The summed E-state index contributed by atoms with van der Waals surface area (Å²) >= 11 is 0. The highest BCUT2D eigenvalue weighted by Gasteiger charge is 2.74. The average molecular weight is 592 g/mol. The van der Waals surface area contributed by atoms with Crippen LogP contribution in [0, 0.1) is 5.92 Å². The Morgan fingerprint density at radius 3 is 2.65 bits per heavy atom. The monoisotopic (exact) mass is 590 g/mol. The molecule has 7 nitrogen and oxygen atoms in total. The van der Waals surface area contributed by atoms with E-state index in [1.54, 1.807) is 6.07 Å². The summed E-state index contributed by atoms with van der Waals surface area (Å²) in [5.41, 5.74) is 2.89. The molecule has 3 aliphatic carbocycles. The fraction of sp³-hybridized carbons (Fsp3) is 0.581. The number of phenols is 1. The number of carboxylic acid groups (broad SMARTS) is 1. The predicted molar refractivity (Wildman–Crippen MR) is 157 cm³/mol. The van der Waals surface area contributed by atoms with Crippen LogP contribution in [0.2, 0.25) is 0 Å². The highest BCUT2D eigenvalue weighted by atomic mass is 35.5. The first kappa shape index (κ1) is 29.5. The number of rotatable bonds is 10. The summed E-state index contributed by atoms with van der Waals surface area (Å²) in [6.45, 7) is 2.69. The molecule has 9 heteroatoms. The zero-order valence-electron chi connectivity index (χ0n) is 22.7. The average Bonchev–Trinajstić information content (AvgIpc) is 3.66. The van der Waals surface area contributed by atoms with E-state index in [4.69, 9.17) is 9.47 Å². The largest absolute Gasteiger partial charge is 0.504 e. The molecule has 2 saturated carbocycles. The van der Waals surface area contributed by atoms with Crippen molar-refractivity contribution in [2.75, 3.05) is 26.2 Å². The molecule has 0 unspecified atom stereocenters. The molecule has 2 aliphatic heterocycles. The third-order valence-electron chi connectivity index (χ3n) is 10.1. The molecule has 1 saturated heterocycles. The predicted octanol–water partition coefficient (Wildman–Crippen LogP) is 4.50. The molecular weight excluding hydrogens is 551 g/mol. The molecule has 0 aromatic heterocycles. The van der Waals surface area contributed by atoms with Crippen molar-refractivity contribution in [2.45, 2.75) is 80.6 Å². The molecule has 2 aromatic rings. The summed E-state index contributed by atoms with van der Waals surface area (Å²) in [5.74, 6) is 0.709. The molecule has 218 valence electrons. The van der Waals surface area contributed by atoms with Gasteiger partial charge in [-0.25, -0.2) is 0 Å². The number of hydrogen-bond donors (Lipinski definition) is 3. The number of nitrogens with zero attached hydrogens (tertiary/aromatic N) is 1. The van der Waals surface area contributed by atoms with E-state index in [1.165, 1.54) is 24.0 Å². The lowest BCUT2D eigenvalue weighted by Gasteiger charge is -2.66. The summed E-state index contributed by atoms with van der Waals surface area (Å²) in [6, 6.07) is 14.6. The first-order valence-electron chi connectivity index (χ1n) is 14.4. The number of aromatic hydroxyl groups is 1. The van der Waals surface area contributed by atoms with Crippen LogP contribution < -0.4 is 10.1 Å². The van der Waals surface area contributed by atoms with Crippen molar-refractivity contribution in [2.24, 2.45) is 5.92 Å². The number of aliphatic carboxylic acids is 1. The Balaban J connectivity index is 0.00000161. The highest BCUT2D eigenvalue weighted by molar-refractivity contribution is 5.85. The fourth-order valence-electron chi connectivity index (χ4n) is 8.35. The smallest absolute Gasteiger partial charge is 0.317 e. The first-order chi connectivity index (χ1) is 18.5. The lowest BCUT2D eigenvalue weighted by Crippen LogP contribution is -2.79. The minimum Gasteiger partial charge on any atom is -0.504 e. The van der Waals surface area contributed by atoms with Crippen LogP contribution in [-0.4, -0.2) is 71.1 Å². The second-order valence-electron chi connectivity index (χ2n) is 12.1. The fourth-order valence-corrected chi connectivity index (χ4v) is 8.35. The van der Waals surface area contributed by atoms with E-state index in [0.717, 1.165) is 63.1 Å². The Labute approximate surface area is 248 Å². The molecule has 0 amide bonds. The van der Waals surface area contributed by atoms with Crippen molar-refractivity contribution in [1.29, 1.82) is 0 Å². The Hall–Kier alpha value is -2.03. The molecule has 5 atom stereocenters. The zero-order valence-corrected chi connectivity index (χ0v) is 24.4. The van der Waals surface area contributed by atoms with E-state index < -0.39 is 17.0 Å². The summed E-state index contributed by atoms with van der Waals surface area (Å²) in [6.07, 6.45) is 7.74. The standard InChI is InChI=1S/C31H38N2O5.2ClH/c34-24-11-10-22-17-25-31(37-16-4-7-20-5-2-1-3-6-20)13-12-23(32-18-26(35)36)29-30(31,27(22)28(24)38-29)14-15-33(25)19-21-8-9-21;;/h1-3,5-6,10-11,21,23,25,29,32,34H,4,7-9,12-19H2,(H,35,36);2*1H/t23-,25+,29-,30-,31+;;/m0../s1. The SMILES string of the molecule is Cl.Cl.O=C(O)CN[C@H]1CC[C@@]2(OCCCc3ccccc3)[C@H]3Cc4ccc(O)c5c4[C@@]2(CCN3CC2CC2)[C@H]1O5. The van der Waals surface area contributed by atoms with Gasteiger partial charge in [-0.1, -0.05) is 36.4 Å². The van der Waals surface area contributed by atoms with E-state index >= 15 is 0 Å². The molecule has 2 bridgehead atoms. The molecule has 0 radical (unpaired) electrons. The number of aryl methyl sites for hydroxylation is 1. The number of carbonyl (C=O) groups is 1. The Kier molecular flexibility index (Phi) is 8.35. The van der Waals surface area contributed by atoms with Gasteiger partial charge < -0.3 is 25.0 Å². The van der Waals surface area contributed by atoms with E-state index in [1.807, 2.05) is 0 Å². The van der Waals surface area contributed by atoms with Crippen LogP contribution in [0.15, 0.2) is 42.5 Å². The van der Waals surface area contributed by atoms with Gasteiger partial charge in [0.15, 0.2) is 11.5 Å². The van der Waals surface area contributed by atoms with Crippen LogP contribution in [0.25, 0.3) is 0 Å². The summed E-state index contributed by atoms with van der Waals surface area (Å²) in [4.78, 5) is 14.2. The van der Waals surface area contributed by atoms with Gasteiger partial charge in [-0.2, -0.15) is 0 Å². The van der Waals surface area contributed by atoms with E-state index in [0.29, 0.717) is 12.4 Å². The van der Waals surface area contributed by atoms with Crippen molar-refractivity contribution >= 4 is 30.8 Å². The molecule has 7 rings (SSSR count). The van der Waals surface area contributed by atoms with Gasteiger partial charge in [0, 0.05) is 30.8 Å². The highest BCUT2D eigenvalue weighted by Crippen LogP contribution is 2.66. The van der Waals surface area contributed by atoms with Gasteiger partial charge in [0.1, 0.15) is 6.10 Å². The van der Waals surface area contributed by atoms with Gasteiger partial charge in [-0.3, -0.25) is 9.69 Å². The third kappa shape index (κ3) is 4.58. The van der Waals surface area contributed by atoms with Crippen molar-refractivity contribution < 1.29 is 24.5 Å². The number of ether oxygens (including phenoxy) is 2. The van der Waals surface area contributed by atoms with E-state index in [-0.39, 0.29) is 55.3 Å². The Bertz CT molecular complexity index is 1230. The van der Waals surface area contributed by atoms with Crippen molar-refractivity contribution in [3.05, 3.63) is 59.2 Å². The second-order valence-corrected chi connectivity index (χ2v) is 12.1. The summed E-state index contributed by atoms with van der Waals surface area (Å²) in [5, 5.41) is 23.6. The van der Waals surface area contributed by atoms with Crippen LogP contribution in [0.4, 0.5) is 0 Å². The molecule has 3 N–H and O–H groups in total. The number of carboxylic acids is 1. The summed E-state index contributed by atoms with van der Waals surface area (Å²) < 4.78 is 13.9. The van der Waals surface area contributed by atoms with Crippen molar-refractivity contribution in [3.63, 3.8) is 0 Å². The maximum absolute atomic E-state index is 11.5. The minimum atomic E-state index is -0.865. The van der Waals surface area contributed by atoms with Gasteiger partial charge in [0.25, 0.3) is 0 Å². The molecule has 1 spiro atoms. The van der Waals surface area contributed by atoms with Crippen molar-refractivity contribution in [3.8, 4) is 11.5 Å². The third-order valence-corrected chi connectivity index (χ3v) is 10.1. The maximum Gasteiger partial charge on any atom is 0.317 e. The number of benzene rings is 2. The van der Waals surface area contributed by atoms with Gasteiger partial charge in [-0.05, 0) is 81.0 Å². The van der Waals surface area contributed by atoms with Crippen LogP contribution in [0.5, 0.6) is 11.5 Å². The van der Waals surface area contributed by atoms with E-state index in [2.05, 4.69) is 46.6 Å². The maximum atomic E-state index is 11.5. The summed E-state index contributed by atoms with van der Waals surface area (Å²) in [7, 11) is 0. The number of phenolic OH excluding ortho intramolecular Hbond substituents is 1. The van der Waals surface area contributed by atoms with Crippen molar-refractivity contribution in [1.82, 2.24) is 10.2 Å². The normalized spacial score (nSPS) is 31.4. The number of halogens is 2. The van der Waals surface area contributed by atoms with E-state index in [9.17, 15) is 15.0 Å². The zero-order chi connectivity index (χ0) is 25.9. The molecule has 2 heterocycles. The van der Waals surface area contributed by atoms with Gasteiger partial charge >= 0.3 is 5.97 Å². The Morgan fingerprint density at radius 1 is 1.10 bits per heavy atom. The molecule has 40 heavy (non-hydrogen) atoms. The number of piperidine rings is 1. The molecule has 3 fully saturated rings. The number of nitrogens with one attached hydrogen (secondary N) is 1. The number of hydrogen-bond acceptors (Lipinski definition) is 6. The van der Waals surface area contributed by atoms with Crippen LogP contribution in [0.3, 0.4) is 0 Å². The molecule has 2 aromatic carbocycles. The topological polar surface area (TPSA) is 91.3 Å². The second kappa shape index (κ2) is 11.3. The van der Waals surface area contributed by atoms with Crippen LogP contribution in [0.1, 0.15) is 55.2 Å². The van der Waals surface area contributed by atoms with Crippen LogP contribution in [-0.2, 0) is 27.8 Å². The van der Waals surface area contributed by atoms with Crippen LogP contribution >= 0.6 is 24.8 Å². The molecular formula is C31H40Cl2N2O5. The lowest BCUT2D eigenvalue weighted by atomic mass is 9.48. The van der Waals surface area contributed by atoms with Gasteiger partial charge in [0.05, 0.1) is 17.6 Å². The number of likely N-dealkylation sites (tertiary alicyclic amines) is 1. The van der Waals surface area contributed by atoms with Gasteiger partial charge in [-0.15, -0.1) is 24.8 Å². The quantitative estimate of drug-likeness (QED) is 0.351.